The van der Waals surface area contributed by atoms with Crippen LogP contribution in [-0.4, -0.2) is 74.1 Å². The van der Waals surface area contributed by atoms with Crippen LogP contribution >= 0.6 is 0 Å². The number of aliphatic hydroxyl groups is 1. The Balaban J connectivity index is 1.03. The van der Waals surface area contributed by atoms with Crippen molar-refractivity contribution in [3.05, 3.63) is 167 Å². The third-order valence-corrected chi connectivity index (χ3v) is 12.0. The maximum Gasteiger partial charge on any atom is 0.242 e. The molecule has 2 saturated heterocycles. The second-order valence-electron chi connectivity index (χ2n) is 14.7. The molecule has 7 rings (SSSR count). The minimum Gasteiger partial charge on any atom is -0.392 e. The molecule has 0 bridgehead atoms. The number of benzene rings is 5. The summed E-state index contributed by atoms with van der Waals surface area (Å²) in [6.07, 6.45) is -0.0899. The summed E-state index contributed by atoms with van der Waals surface area (Å²) in [6.45, 7) is 7.47. The Kier molecular flexibility index (Phi) is 13.0. The predicted molar refractivity (Wildman–Crippen MR) is 217 cm³/mol. The van der Waals surface area contributed by atoms with E-state index in [2.05, 4.69) is 50.2 Å². The lowest BCUT2D eigenvalue weighted by Gasteiger charge is -2.40. The van der Waals surface area contributed by atoms with E-state index in [4.69, 9.17) is 9.47 Å². The quantitative estimate of drug-likeness (QED) is 0.119. The highest BCUT2D eigenvalue weighted by molar-refractivity contribution is 7.89. The average molecular weight is 775 g/mol. The number of carbonyl (C=O) groups excluding carboxylic acids is 1. The number of nitrogens with zero attached hydrogens (tertiary/aromatic N) is 2. The molecule has 292 valence electrons. The monoisotopic (exact) mass is 774 g/mol. The van der Waals surface area contributed by atoms with Crippen LogP contribution in [0.1, 0.15) is 52.2 Å². The molecule has 3 N–H and O–H groups in total. The van der Waals surface area contributed by atoms with E-state index in [1.807, 2.05) is 73.7 Å². The van der Waals surface area contributed by atoms with E-state index >= 15 is 0 Å². The van der Waals surface area contributed by atoms with Crippen molar-refractivity contribution in [2.45, 2.75) is 62.4 Å². The van der Waals surface area contributed by atoms with Crippen molar-refractivity contribution in [3.63, 3.8) is 0 Å². The number of hydrogen-bond donors (Lipinski definition) is 3. The number of sulfonamides is 1. The van der Waals surface area contributed by atoms with Gasteiger partial charge in [-0.1, -0.05) is 115 Å². The number of nitrogens with one attached hydrogen (secondary N) is 2. The molecule has 56 heavy (non-hydrogen) atoms. The molecule has 2 heterocycles. The van der Waals surface area contributed by atoms with Crippen LogP contribution in [0.15, 0.2) is 138 Å². The van der Waals surface area contributed by atoms with Crippen LogP contribution in [0.5, 0.6) is 0 Å². The first-order valence-corrected chi connectivity index (χ1v) is 20.7. The number of ether oxygens (including phenoxy) is 2. The van der Waals surface area contributed by atoms with Crippen LogP contribution in [0.2, 0.25) is 0 Å². The largest absolute Gasteiger partial charge is 0.392 e. The summed E-state index contributed by atoms with van der Waals surface area (Å²) in [7, 11) is -3.98. The standard InChI is InChI=1S/C45H50N4O6S/c1-33-12-22-41(23-13-33)56(52,53)47-42(28-34-8-4-2-5-9-34)44(51)46-39-20-18-38(19-21-39)45-54-40(29-43(55-45)37-16-14-36(32-50)15-17-37)31-49-26-24-48(25-27-49)30-35-10-6-3-7-11-35/h2-23,40,42-43,45,47,50H,24-32H2,1H3,(H,46,51)/t40-,42-,43+,45+/m1/s1. The van der Waals surface area contributed by atoms with Gasteiger partial charge in [0.1, 0.15) is 6.04 Å². The summed E-state index contributed by atoms with van der Waals surface area (Å²) in [4.78, 5) is 18.8. The van der Waals surface area contributed by atoms with E-state index in [9.17, 15) is 18.3 Å². The van der Waals surface area contributed by atoms with Gasteiger partial charge in [0, 0.05) is 56.9 Å². The number of amides is 1. The Morgan fingerprint density at radius 3 is 1.98 bits per heavy atom. The molecule has 2 aliphatic heterocycles. The van der Waals surface area contributed by atoms with Crippen LogP contribution in [0.25, 0.3) is 0 Å². The topological polar surface area (TPSA) is 120 Å². The molecule has 0 aliphatic carbocycles. The van der Waals surface area contributed by atoms with Gasteiger partial charge in [-0.05, 0) is 59.9 Å². The third kappa shape index (κ3) is 10.6. The lowest BCUT2D eigenvalue weighted by molar-refractivity contribution is -0.253. The lowest BCUT2D eigenvalue weighted by Crippen LogP contribution is -2.49. The van der Waals surface area contributed by atoms with E-state index in [-0.39, 0.29) is 30.1 Å². The van der Waals surface area contributed by atoms with Gasteiger partial charge >= 0.3 is 0 Å². The molecule has 5 aromatic rings. The van der Waals surface area contributed by atoms with Crippen LogP contribution in [0, 0.1) is 6.92 Å². The highest BCUT2D eigenvalue weighted by atomic mass is 32.2. The predicted octanol–water partition coefficient (Wildman–Crippen LogP) is 6.38. The summed E-state index contributed by atoms with van der Waals surface area (Å²) < 4.78 is 42.6. The molecule has 0 aromatic heterocycles. The molecular weight excluding hydrogens is 725 g/mol. The maximum atomic E-state index is 13.7. The Morgan fingerprint density at radius 2 is 1.34 bits per heavy atom. The highest BCUT2D eigenvalue weighted by Crippen LogP contribution is 2.38. The van der Waals surface area contributed by atoms with E-state index < -0.39 is 28.3 Å². The molecule has 2 aliphatic rings. The van der Waals surface area contributed by atoms with Crippen LogP contribution in [-0.2, 0) is 43.9 Å². The fourth-order valence-electron chi connectivity index (χ4n) is 7.26. The minimum absolute atomic E-state index is 0.0229. The molecule has 0 unspecified atom stereocenters. The average Bonchev–Trinajstić information content (AvgIpc) is 3.22. The number of aliphatic hydroxyl groups excluding tert-OH is 1. The zero-order valence-corrected chi connectivity index (χ0v) is 32.5. The van der Waals surface area contributed by atoms with E-state index in [1.165, 1.54) is 17.7 Å². The molecule has 0 spiro atoms. The van der Waals surface area contributed by atoms with Crippen LogP contribution in [0.4, 0.5) is 5.69 Å². The van der Waals surface area contributed by atoms with Gasteiger partial charge in [0.05, 0.1) is 23.7 Å². The van der Waals surface area contributed by atoms with Gasteiger partial charge < -0.3 is 19.9 Å². The first-order valence-electron chi connectivity index (χ1n) is 19.2. The molecule has 4 atom stereocenters. The van der Waals surface area contributed by atoms with Gasteiger partial charge in [0.25, 0.3) is 0 Å². The minimum atomic E-state index is -3.98. The Labute approximate surface area is 330 Å². The first-order chi connectivity index (χ1) is 27.2. The Morgan fingerprint density at radius 1 is 0.732 bits per heavy atom. The van der Waals surface area contributed by atoms with Gasteiger partial charge in [-0.2, -0.15) is 4.72 Å². The summed E-state index contributed by atoms with van der Waals surface area (Å²) in [5.74, 6) is -0.474. The second kappa shape index (κ2) is 18.5. The van der Waals surface area contributed by atoms with Gasteiger partial charge in [-0.3, -0.25) is 14.6 Å². The molecular formula is C45H50N4O6S. The smallest absolute Gasteiger partial charge is 0.242 e. The molecule has 5 aromatic carbocycles. The third-order valence-electron chi connectivity index (χ3n) is 10.5. The van der Waals surface area contributed by atoms with E-state index in [0.29, 0.717) is 12.1 Å². The fourth-order valence-corrected chi connectivity index (χ4v) is 8.45. The summed E-state index contributed by atoms with van der Waals surface area (Å²) in [5.41, 5.74) is 6.27. The van der Waals surface area contributed by atoms with E-state index in [0.717, 1.165) is 67.1 Å². The number of rotatable bonds is 14. The summed E-state index contributed by atoms with van der Waals surface area (Å²) in [5, 5.41) is 12.5. The zero-order chi connectivity index (χ0) is 38.9. The molecule has 11 heteroatoms. The molecule has 0 radical (unpaired) electrons. The SMILES string of the molecule is Cc1ccc(S(=O)(=O)N[C@H](Cc2ccccc2)C(=O)Nc2ccc([C@H]3O[C@@H](CN4CCN(Cc5ccccc5)CC4)C[C@@H](c4ccc(CO)cc4)O3)cc2)cc1. The molecule has 0 saturated carbocycles. The molecule has 2 fully saturated rings. The zero-order valence-electron chi connectivity index (χ0n) is 31.7. The van der Waals surface area contributed by atoms with E-state index in [1.54, 1.807) is 24.3 Å². The normalized spacial score (nSPS) is 20.0. The van der Waals surface area contributed by atoms with Crippen molar-refractivity contribution in [1.82, 2.24) is 14.5 Å². The Bertz CT molecular complexity index is 2110. The van der Waals surface area contributed by atoms with Crippen molar-refractivity contribution in [3.8, 4) is 0 Å². The lowest BCUT2D eigenvalue weighted by atomic mass is 9.99. The first kappa shape index (κ1) is 39.5. The van der Waals surface area contributed by atoms with Crippen LogP contribution in [0.3, 0.4) is 0 Å². The van der Waals surface area contributed by atoms with Crippen molar-refractivity contribution < 1.29 is 27.8 Å². The van der Waals surface area contributed by atoms with Gasteiger partial charge in [-0.25, -0.2) is 8.42 Å². The van der Waals surface area contributed by atoms with Crippen molar-refractivity contribution in [2.75, 3.05) is 38.0 Å². The van der Waals surface area contributed by atoms with Crippen molar-refractivity contribution >= 4 is 21.6 Å². The highest BCUT2D eigenvalue weighted by Gasteiger charge is 2.34. The van der Waals surface area contributed by atoms with Gasteiger partial charge in [0.15, 0.2) is 6.29 Å². The van der Waals surface area contributed by atoms with Crippen molar-refractivity contribution in [2.24, 2.45) is 0 Å². The van der Waals surface area contributed by atoms with Gasteiger partial charge in [-0.15, -0.1) is 0 Å². The maximum absolute atomic E-state index is 13.7. The fraction of sp³-hybridized carbons (Fsp3) is 0.311. The number of hydrogen-bond acceptors (Lipinski definition) is 8. The number of aryl methyl sites for hydroxylation is 1. The summed E-state index contributed by atoms with van der Waals surface area (Å²) in [6, 6.07) is 40.6. The van der Waals surface area contributed by atoms with Crippen molar-refractivity contribution in [1.29, 1.82) is 0 Å². The second-order valence-corrected chi connectivity index (χ2v) is 16.4. The molecule has 10 nitrogen and oxygen atoms in total. The Hall–Kier alpha value is -4.72. The van der Waals surface area contributed by atoms with Crippen LogP contribution < -0.4 is 10.0 Å². The van der Waals surface area contributed by atoms with Gasteiger partial charge in [0.2, 0.25) is 15.9 Å². The molecule has 1 amide bonds. The number of carbonyl (C=O) groups is 1. The number of anilines is 1. The number of piperazine rings is 1. The summed E-state index contributed by atoms with van der Waals surface area (Å²) >= 11 is 0.